The molecule has 4 rings (SSSR count). The molecule has 0 saturated carbocycles. The Bertz CT molecular complexity index is 685. The molecule has 21 heavy (non-hydrogen) atoms. The zero-order chi connectivity index (χ0) is 14.4. The van der Waals surface area contributed by atoms with Crippen molar-refractivity contribution in [3.05, 3.63) is 23.0 Å². The minimum Gasteiger partial charge on any atom is -0.469 e. The van der Waals surface area contributed by atoms with Crippen LogP contribution >= 0.6 is 11.3 Å². The number of rotatable bonds is 2. The fourth-order valence-corrected chi connectivity index (χ4v) is 3.96. The van der Waals surface area contributed by atoms with Gasteiger partial charge in [0.25, 0.3) is 5.91 Å². The van der Waals surface area contributed by atoms with Crippen molar-refractivity contribution in [1.82, 2.24) is 4.98 Å². The van der Waals surface area contributed by atoms with Crippen LogP contribution in [0.2, 0.25) is 0 Å². The SMILES string of the molecule is CN(C(=O)C1CCCO1)c1nc2c(s1)CCc1occc1-2. The van der Waals surface area contributed by atoms with Crippen LogP contribution in [0, 0.1) is 0 Å². The van der Waals surface area contributed by atoms with Gasteiger partial charge in [0, 0.05) is 30.5 Å². The molecular formula is C15H16N2O3S. The zero-order valence-corrected chi connectivity index (χ0v) is 12.6. The molecule has 3 heterocycles. The van der Waals surface area contributed by atoms with Crippen LogP contribution in [0.5, 0.6) is 0 Å². The third-order valence-corrected chi connectivity index (χ3v) is 5.28. The van der Waals surface area contributed by atoms with Crippen molar-refractivity contribution in [3.63, 3.8) is 0 Å². The Morgan fingerprint density at radius 3 is 3.19 bits per heavy atom. The molecule has 2 aliphatic rings. The lowest BCUT2D eigenvalue weighted by molar-refractivity contribution is -0.127. The van der Waals surface area contributed by atoms with Gasteiger partial charge in [0.2, 0.25) is 0 Å². The van der Waals surface area contributed by atoms with Gasteiger partial charge in [0.15, 0.2) is 5.13 Å². The number of hydrogen-bond donors (Lipinski definition) is 0. The van der Waals surface area contributed by atoms with E-state index in [1.54, 1.807) is 29.5 Å². The summed E-state index contributed by atoms with van der Waals surface area (Å²) in [6.07, 6.45) is 4.99. The summed E-state index contributed by atoms with van der Waals surface area (Å²) >= 11 is 1.59. The molecule has 1 saturated heterocycles. The largest absolute Gasteiger partial charge is 0.469 e. The van der Waals surface area contributed by atoms with E-state index < -0.39 is 0 Å². The quantitative estimate of drug-likeness (QED) is 0.856. The summed E-state index contributed by atoms with van der Waals surface area (Å²) in [6, 6.07) is 1.96. The van der Waals surface area contributed by atoms with Crippen LogP contribution in [-0.2, 0) is 22.4 Å². The first-order valence-corrected chi connectivity index (χ1v) is 8.01. The molecule has 1 aliphatic carbocycles. The summed E-state index contributed by atoms with van der Waals surface area (Å²) in [6.45, 7) is 0.678. The fourth-order valence-electron chi connectivity index (χ4n) is 2.92. The number of ether oxygens (including phenoxy) is 1. The van der Waals surface area contributed by atoms with Crippen molar-refractivity contribution in [1.29, 1.82) is 0 Å². The molecule has 0 spiro atoms. The Labute approximate surface area is 126 Å². The minimum absolute atomic E-state index is 0.00557. The van der Waals surface area contributed by atoms with E-state index >= 15 is 0 Å². The maximum absolute atomic E-state index is 12.4. The second-order valence-electron chi connectivity index (χ2n) is 5.42. The molecule has 1 atom stereocenters. The third kappa shape index (κ3) is 2.10. The lowest BCUT2D eigenvalue weighted by Gasteiger charge is -2.17. The summed E-state index contributed by atoms with van der Waals surface area (Å²) < 4.78 is 10.9. The van der Waals surface area contributed by atoms with Crippen molar-refractivity contribution in [2.45, 2.75) is 31.8 Å². The number of carbonyl (C=O) groups is 1. The van der Waals surface area contributed by atoms with Crippen LogP contribution < -0.4 is 4.90 Å². The molecule has 2 aromatic rings. The standard InChI is InChI=1S/C15H16N2O3S/c1-17(14(18)11-3-2-7-19-11)15-16-13-9-6-8-20-10(9)4-5-12(13)21-15/h6,8,11H,2-5,7H2,1H3. The van der Waals surface area contributed by atoms with E-state index in [1.165, 1.54) is 4.88 Å². The van der Waals surface area contributed by atoms with Crippen LogP contribution in [0.1, 0.15) is 23.5 Å². The first-order chi connectivity index (χ1) is 10.2. The Hall–Kier alpha value is -1.66. The Balaban J connectivity index is 1.64. The molecule has 6 heteroatoms. The minimum atomic E-state index is -0.305. The van der Waals surface area contributed by atoms with Crippen molar-refractivity contribution in [3.8, 4) is 11.3 Å². The van der Waals surface area contributed by atoms with Crippen LogP contribution in [-0.4, -0.2) is 30.6 Å². The molecule has 1 aliphatic heterocycles. The van der Waals surface area contributed by atoms with Gasteiger partial charge < -0.3 is 9.15 Å². The lowest BCUT2D eigenvalue weighted by atomic mass is 10.0. The van der Waals surface area contributed by atoms with E-state index in [0.29, 0.717) is 6.61 Å². The molecule has 1 fully saturated rings. The summed E-state index contributed by atoms with van der Waals surface area (Å²) in [5, 5.41) is 0.745. The van der Waals surface area contributed by atoms with E-state index in [9.17, 15) is 4.79 Å². The first-order valence-electron chi connectivity index (χ1n) is 7.19. The van der Waals surface area contributed by atoms with Crippen molar-refractivity contribution in [2.75, 3.05) is 18.6 Å². The Morgan fingerprint density at radius 2 is 2.38 bits per heavy atom. The number of furan rings is 1. The van der Waals surface area contributed by atoms with Gasteiger partial charge in [0.1, 0.15) is 11.9 Å². The molecule has 5 nitrogen and oxygen atoms in total. The van der Waals surface area contributed by atoms with Gasteiger partial charge in [-0.1, -0.05) is 0 Å². The van der Waals surface area contributed by atoms with E-state index in [-0.39, 0.29) is 12.0 Å². The average Bonchev–Trinajstić information content (AvgIpc) is 3.22. The van der Waals surface area contributed by atoms with Gasteiger partial charge in [-0.2, -0.15) is 0 Å². The molecule has 1 amide bonds. The third-order valence-electron chi connectivity index (χ3n) is 4.09. The molecule has 0 radical (unpaired) electrons. The highest BCUT2D eigenvalue weighted by Crippen LogP contribution is 2.39. The van der Waals surface area contributed by atoms with Crippen LogP contribution in [0.15, 0.2) is 16.7 Å². The first kappa shape index (κ1) is 13.0. The van der Waals surface area contributed by atoms with Gasteiger partial charge in [-0.3, -0.25) is 9.69 Å². The molecule has 2 aromatic heterocycles. The molecule has 0 aromatic carbocycles. The highest BCUT2D eigenvalue weighted by molar-refractivity contribution is 7.16. The summed E-state index contributed by atoms with van der Waals surface area (Å²) in [5.74, 6) is 0.999. The number of aromatic nitrogens is 1. The molecule has 1 unspecified atom stereocenters. The van der Waals surface area contributed by atoms with Crippen molar-refractivity contribution < 1.29 is 13.9 Å². The van der Waals surface area contributed by atoms with Crippen LogP contribution in [0.25, 0.3) is 11.3 Å². The van der Waals surface area contributed by atoms with Crippen LogP contribution in [0.4, 0.5) is 5.13 Å². The fraction of sp³-hybridized carbons (Fsp3) is 0.467. The number of anilines is 1. The second kappa shape index (κ2) is 4.96. The Morgan fingerprint density at radius 1 is 1.48 bits per heavy atom. The second-order valence-corrected chi connectivity index (χ2v) is 6.49. The predicted octanol–water partition coefficient (Wildman–Crippen LogP) is 2.64. The van der Waals surface area contributed by atoms with Gasteiger partial charge in [0.05, 0.1) is 12.0 Å². The smallest absolute Gasteiger partial charge is 0.257 e. The number of carbonyl (C=O) groups excluding carboxylic acids is 1. The monoisotopic (exact) mass is 304 g/mol. The number of aryl methyl sites for hydroxylation is 2. The molecular weight excluding hydrogens is 288 g/mol. The maximum atomic E-state index is 12.4. The molecule has 0 N–H and O–H groups in total. The van der Waals surface area contributed by atoms with E-state index in [1.807, 2.05) is 6.07 Å². The van der Waals surface area contributed by atoms with E-state index in [2.05, 4.69) is 4.98 Å². The summed E-state index contributed by atoms with van der Waals surface area (Å²) in [5.41, 5.74) is 2.04. The number of likely N-dealkylation sites (N-methyl/N-ethyl adjacent to an activating group) is 1. The highest BCUT2D eigenvalue weighted by Gasteiger charge is 2.30. The zero-order valence-electron chi connectivity index (χ0n) is 11.8. The van der Waals surface area contributed by atoms with Crippen LogP contribution in [0.3, 0.4) is 0 Å². The molecule has 0 bridgehead atoms. The predicted molar refractivity (Wildman–Crippen MR) is 79.6 cm³/mol. The number of hydrogen-bond acceptors (Lipinski definition) is 5. The van der Waals surface area contributed by atoms with E-state index in [4.69, 9.17) is 9.15 Å². The Kier molecular flexibility index (Phi) is 3.08. The van der Waals surface area contributed by atoms with Gasteiger partial charge in [-0.25, -0.2) is 4.98 Å². The average molecular weight is 304 g/mol. The maximum Gasteiger partial charge on any atom is 0.257 e. The normalized spacial score (nSPS) is 20.1. The number of nitrogens with zero attached hydrogens (tertiary/aromatic N) is 2. The number of thiazole rings is 1. The lowest BCUT2D eigenvalue weighted by Crippen LogP contribution is -2.35. The highest BCUT2D eigenvalue weighted by atomic mass is 32.1. The summed E-state index contributed by atoms with van der Waals surface area (Å²) in [7, 11) is 1.78. The van der Waals surface area contributed by atoms with Gasteiger partial charge in [-0.05, 0) is 25.3 Å². The number of fused-ring (bicyclic) bond motifs is 3. The summed E-state index contributed by atoms with van der Waals surface area (Å²) in [4.78, 5) is 19.9. The van der Waals surface area contributed by atoms with Crippen molar-refractivity contribution >= 4 is 22.4 Å². The molecule has 110 valence electrons. The van der Waals surface area contributed by atoms with Crippen molar-refractivity contribution in [2.24, 2.45) is 0 Å². The number of amides is 1. The van der Waals surface area contributed by atoms with Gasteiger partial charge >= 0.3 is 0 Å². The topological polar surface area (TPSA) is 55.6 Å². The van der Waals surface area contributed by atoms with E-state index in [0.717, 1.165) is 47.8 Å². The van der Waals surface area contributed by atoms with Gasteiger partial charge in [-0.15, -0.1) is 11.3 Å².